The van der Waals surface area contributed by atoms with Gasteiger partial charge in [0.15, 0.2) is 0 Å². The van der Waals surface area contributed by atoms with E-state index < -0.39 is 5.97 Å². The number of carbonyl (C=O) groups is 1. The summed E-state index contributed by atoms with van der Waals surface area (Å²) >= 11 is 1.49. The Bertz CT molecular complexity index is 452. The fourth-order valence-corrected chi connectivity index (χ4v) is 2.94. The fourth-order valence-electron chi connectivity index (χ4n) is 2.09. The predicted molar refractivity (Wildman–Crippen MR) is 67.4 cm³/mol. The maximum atomic E-state index is 10.5. The number of tetrazole rings is 1. The lowest BCUT2D eigenvalue weighted by atomic mass is 10.3. The Morgan fingerprint density at radius 2 is 2.28 bits per heavy atom. The lowest BCUT2D eigenvalue weighted by Crippen LogP contribution is -2.08. The Balaban J connectivity index is 1.97. The van der Waals surface area contributed by atoms with Gasteiger partial charge in [-0.1, -0.05) is 30.2 Å². The average Bonchev–Trinajstić information content (AvgIpc) is 2.96. The van der Waals surface area contributed by atoms with Crippen LogP contribution in [-0.4, -0.2) is 37.0 Å². The fraction of sp³-hybridized carbons (Fsp3) is 0.636. The second-order valence-corrected chi connectivity index (χ2v) is 5.40. The van der Waals surface area contributed by atoms with Crippen molar-refractivity contribution in [2.75, 3.05) is 5.75 Å². The van der Waals surface area contributed by atoms with Gasteiger partial charge in [-0.3, -0.25) is 0 Å². The van der Waals surface area contributed by atoms with Crippen molar-refractivity contribution in [1.29, 1.82) is 0 Å². The molecule has 0 radical (unpaired) electrons. The number of carboxylic acids is 1. The van der Waals surface area contributed by atoms with Crippen LogP contribution in [0.5, 0.6) is 0 Å². The topological polar surface area (TPSA) is 80.9 Å². The Labute approximate surface area is 109 Å². The first-order valence-corrected chi connectivity index (χ1v) is 6.96. The third kappa shape index (κ3) is 3.32. The first-order valence-electron chi connectivity index (χ1n) is 5.97. The maximum absolute atomic E-state index is 10.5. The summed E-state index contributed by atoms with van der Waals surface area (Å²) in [6.45, 7) is 1.80. The van der Waals surface area contributed by atoms with E-state index in [0.717, 1.165) is 23.6 Å². The van der Waals surface area contributed by atoms with Crippen LogP contribution in [0.25, 0.3) is 0 Å². The molecule has 0 bridgehead atoms. The number of aromatic nitrogens is 4. The number of carboxylic acid groups (broad SMARTS) is 1. The van der Waals surface area contributed by atoms with E-state index in [1.165, 1.54) is 30.7 Å². The smallest absolute Gasteiger partial charge is 0.328 e. The van der Waals surface area contributed by atoms with E-state index in [0.29, 0.717) is 11.8 Å². The summed E-state index contributed by atoms with van der Waals surface area (Å²) in [5.41, 5.74) is 0.800. The van der Waals surface area contributed by atoms with Crippen LogP contribution in [0.3, 0.4) is 0 Å². The van der Waals surface area contributed by atoms with Crippen LogP contribution >= 0.6 is 11.8 Å². The minimum Gasteiger partial charge on any atom is -0.478 e. The highest BCUT2D eigenvalue weighted by molar-refractivity contribution is 7.99. The van der Waals surface area contributed by atoms with Crippen LogP contribution in [0.15, 0.2) is 16.8 Å². The molecule has 2 rings (SSSR count). The SMILES string of the molecule is CC(=CC(=O)O)CSc1nnnn1C1CCCC1. The third-order valence-corrected chi connectivity index (χ3v) is 4.06. The number of hydrogen-bond donors (Lipinski definition) is 1. The van der Waals surface area contributed by atoms with Crippen molar-refractivity contribution in [3.63, 3.8) is 0 Å². The molecule has 98 valence electrons. The van der Waals surface area contributed by atoms with Crippen molar-refractivity contribution in [3.8, 4) is 0 Å². The van der Waals surface area contributed by atoms with E-state index in [1.807, 2.05) is 4.68 Å². The summed E-state index contributed by atoms with van der Waals surface area (Å²) in [5.74, 6) is -0.317. The summed E-state index contributed by atoms with van der Waals surface area (Å²) in [5, 5.41) is 21.2. The van der Waals surface area contributed by atoms with Crippen molar-refractivity contribution in [2.24, 2.45) is 0 Å². The van der Waals surface area contributed by atoms with E-state index in [9.17, 15) is 4.79 Å². The Morgan fingerprint density at radius 1 is 1.56 bits per heavy atom. The van der Waals surface area contributed by atoms with E-state index in [1.54, 1.807) is 6.92 Å². The van der Waals surface area contributed by atoms with Gasteiger partial charge in [-0.25, -0.2) is 9.48 Å². The highest BCUT2D eigenvalue weighted by Gasteiger charge is 2.21. The summed E-state index contributed by atoms with van der Waals surface area (Å²) < 4.78 is 1.88. The van der Waals surface area contributed by atoms with Gasteiger partial charge in [-0.2, -0.15) is 0 Å². The van der Waals surface area contributed by atoms with E-state index >= 15 is 0 Å². The first-order chi connectivity index (χ1) is 8.66. The highest BCUT2D eigenvalue weighted by atomic mass is 32.2. The van der Waals surface area contributed by atoms with Crippen molar-refractivity contribution in [3.05, 3.63) is 11.6 Å². The molecule has 7 heteroatoms. The number of nitrogens with zero attached hydrogens (tertiary/aromatic N) is 4. The van der Waals surface area contributed by atoms with Gasteiger partial charge in [0.05, 0.1) is 6.04 Å². The molecule has 0 aliphatic heterocycles. The summed E-state index contributed by atoms with van der Waals surface area (Å²) in [4.78, 5) is 10.5. The molecule has 1 aliphatic rings. The molecule has 0 aromatic carbocycles. The van der Waals surface area contributed by atoms with Gasteiger partial charge in [-0.05, 0) is 30.2 Å². The highest BCUT2D eigenvalue weighted by Crippen LogP contribution is 2.31. The Morgan fingerprint density at radius 3 is 2.94 bits per heavy atom. The molecular formula is C11H16N4O2S. The maximum Gasteiger partial charge on any atom is 0.328 e. The van der Waals surface area contributed by atoms with Crippen LogP contribution in [0.2, 0.25) is 0 Å². The Hall–Kier alpha value is -1.37. The molecule has 0 amide bonds. The van der Waals surface area contributed by atoms with Crippen molar-refractivity contribution in [2.45, 2.75) is 43.8 Å². The van der Waals surface area contributed by atoms with Gasteiger partial charge < -0.3 is 5.11 Å². The second kappa shape index (κ2) is 5.99. The third-order valence-electron chi connectivity index (χ3n) is 2.93. The van der Waals surface area contributed by atoms with Gasteiger partial charge >= 0.3 is 5.97 Å². The molecular weight excluding hydrogens is 252 g/mol. The standard InChI is InChI=1S/C11H16N4O2S/c1-8(6-10(16)17)7-18-11-12-13-14-15(11)9-4-2-3-5-9/h6,9H,2-5,7H2,1H3,(H,16,17). The van der Waals surface area contributed by atoms with E-state index in [4.69, 9.17) is 5.11 Å². The van der Waals surface area contributed by atoms with Gasteiger partial charge in [0.2, 0.25) is 5.16 Å². The number of rotatable bonds is 5. The normalized spacial score (nSPS) is 17.3. The molecule has 6 nitrogen and oxygen atoms in total. The van der Waals surface area contributed by atoms with Crippen molar-refractivity contribution >= 4 is 17.7 Å². The largest absolute Gasteiger partial charge is 0.478 e. The predicted octanol–water partition coefficient (Wildman–Crippen LogP) is 1.91. The van der Waals surface area contributed by atoms with Crippen LogP contribution < -0.4 is 0 Å². The second-order valence-electron chi connectivity index (χ2n) is 4.46. The van der Waals surface area contributed by atoms with E-state index in [2.05, 4.69) is 15.5 Å². The molecule has 1 aromatic rings. The molecule has 1 saturated carbocycles. The molecule has 0 spiro atoms. The molecule has 0 saturated heterocycles. The summed E-state index contributed by atoms with van der Waals surface area (Å²) in [6.07, 6.45) is 5.93. The van der Waals surface area contributed by atoms with Gasteiger partial charge in [0.1, 0.15) is 0 Å². The zero-order chi connectivity index (χ0) is 13.0. The lowest BCUT2D eigenvalue weighted by molar-refractivity contribution is -0.131. The van der Waals surface area contributed by atoms with E-state index in [-0.39, 0.29) is 0 Å². The molecule has 1 fully saturated rings. The lowest BCUT2D eigenvalue weighted by Gasteiger charge is -2.10. The zero-order valence-electron chi connectivity index (χ0n) is 10.2. The molecule has 1 N–H and O–H groups in total. The summed E-state index contributed by atoms with van der Waals surface area (Å²) in [6, 6.07) is 0.409. The number of thioether (sulfide) groups is 1. The quantitative estimate of drug-likeness (QED) is 0.649. The summed E-state index contributed by atoms with van der Waals surface area (Å²) in [7, 11) is 0. The monoisotopic (exact) mass is 268 g/mol. The number of hydrogen-bond acceptors (Lipinski definition) is 5. The van der Waals surface area contributed by atoms with Crippen LogP contribution in [0, 0.1) is 0 Å². The van der Waals surface area contributed by atoms with Gasteiger partial charge in [-0.15, -0.1) is 5.10 Å². The molecule has 0 atom stereocenters. The van der Waals surface area contributed by atoms with Crippen molar-refractivity contribution < 1.29 is 9.90 Å². The molecule has 0 unspecified atom stereocenters. The van der Waals surface area contributed by atoms with Crippen LogP contribution in [0.1, 0.15) is 38.6 Å². The average molecular weight is 268 g/mol. The number of aliphatic carboxylic acids is 1. The molecule has 1 aromatic heterocycles. The van der Waals surface area contributed by atoms with Gasteiger partial charge in [0, 0.05) is 11.8 Å². The van der Waals surface area contributed by atoms with Crippen molar-refractivity contribution in [1.82, 2.24) is 20.2 Å². The van der Waals surface area contributed by atoms with Crippen LogP contribution in [0.4, 0.5) is 0 Å². The molecule has 18 heavy (non-hydrogen) atoms. The first kappa shape index (κ1) is 13.1. The van der Waals surface area contributed by atoms with Crippen LogP contribution in [-0.2, 0) is 4.79 Å². The zero-order valence-corrected chi connectivity index (χ0v) is 11.1. The van der Waals surface area contributed by atoms with Gasteiger partial charge in [0.25, 0.3) is 0 Å². The minimum absolute atomic E-state index is 0.409. The molecule has 1 heterocycles. The molecule has 1 aliphatic carbocycles. The Kier molecular flexibility index (Phi) is 4.35. The minimum atomic E-state index is -0.913.